The molecule has 0 atom stereocenters. The fraction of sp³-hybridized carbons (Fsp3) is 0.350. The van der Waals surface area contributed by atoms with Crippen molar-refractivity contribution in [1.82, 2.24) is 0 Å². The Balaban J connectivity index is 0.705. The summed E-state index contributed by atoms with van der Waals surface area (Å²) in [4.78, 5) is 12.7. The molecule has 7 nitrogen and oxygen atoms in total. The van der Waals surface area contributed by atoms with Gasteiger partial charge in [0.1, 0.15) is 17.2 Å². The van der Waals surface area contributed by atoms with Crippen LogP contribution in [0, 0.1) is 22.7 Å². The third-order valence-electron chi connectivity index (χ3n) is 12.1. The maximum absolute atomic E-state index is 12.7. The SMILES string of the molecule is N#Cc1ccc(-c2ccc(OCCCCCCCCCCCOc3ccc(-c4ccc(C(=O)OCCCCCCCCCCOc5ccc(-c6ccc(C#N)cc6)cc5)cc4)cc3)cc2)cc1. The van der Waals surface area contributed by atoms with Crippen LogP contribution in [0.15, 0.2) is 146 Å². The van der Waals surface area contributed by atoms with E-state index in [0.29, 0.717) is 23.3 Å². The molecule has 0 fully saturated rings. The normalized spacial score (nSPS) is 10.8. The number of unbranched alkanes of at least 4 members (excludes halogenated alkanes) is 15. The highest BCUT2D eigenvalue weighted by Gasteiger charge is 2.09. The van der Waals surface area contributed by atoms with Gasteiger partial charge in [0.25, 0.3) is 0 Å². The van der Waals surface area contributed by atoms with Crippen LogP contribution in [0.2, 0.25) is 0 Å². The molecule has 0 bridgehead atoms. The fourth-order valence-electron chi connectivity index (χ4n) is 8.03. The zero-order chi connectivity index (χ0) is 46.6. The average molecular weight is 895 g/mol. The lowest BCUT2D eigenvalue weighted by atomic mass is 10.0. The highest BCUT2D eigenvalue weighted by atomic mass is 16.5. The van der Waals surface area contributed by atoms with Crippen molar-refractivity contribution in [2.24, 2.45) is 0 Å². The van der Waals surface area contributed by atoms with Gasteiger partial charge in [-0.3, -0.25) is 0 Å². The van der Waals surface area contributed by atoms with Crippen LogP contribution in [0.4, 0.5) is 0 Å². The monoisotopic (exact) mass is 894 g/mol. The summed E-state index contributed by atoms with van der Waals surface area (Å²) in [7, 11) is 0. The minimum absolute atomic E-state index is 0.265. The number of ether oxygens (including phenoxy) is 4. The van der Waals surface area contributed by atoms with Gasteiger partial charge >= 0.3 is 5.97 Å². The Kier molecular flexibility index (Phi) is 21.4. The summed E-state index contributed by atoms with van der Waals surface area (Å²) < 4.78 is 23.5. The third kappa shape index (κ3) is 17.8. The molecular weight excluding hydrogens is 829 g/mol. The summed E-state index contributed by atoms with van der Waals surface area (Å²) in [5, 5.41) is 18.0. The Morgan fingerprint density at radius 2 is 0.552 bits per heavy atom. The molecule has 0 amide bonds. The molecule has 7 heteroatoms. The molecule has 0 saturated heterocycles. The number of carbonyl (C=O) groups is 1. The molecule has 0 aliphatic carbocycles. The number of benzene rings is 6. The van der Waals surface area contributed by atoms with Crippen LogP contribution in [0.5, 0.6) is 17.2 Å². The van der Waals surface area contributed by atoms with E-state index in [1.54, 1.807) is 0 Å². The van der Waals surface area contributed by atoms with Gasteiger partial charge in [-0.05, 0) is 132 Å². The second kappa shape index (κ2) is 28.9. The molecule has 0 spiro atoms. The molecule has 6 rings (SSSR count). The second-order valence-electron chi connectivity index (χ2n) is 17.2. The van der Waals surface area contributed by atoms with Crippen LogP contribution in [0.1, 0.15) is 131 Å². The first-order valence-electron chi connectivity index (χ1n) is 24.6. The van der Waals surface area contributed by atoms with Crippen molar-refractivity contribution in [3.05, 3.63) is 162 Å². The van der Waals surface area contributed by atoms with E-state index < -0.39 is 0 Å². The van der Waals surface area contributed by atoms with E-state index in [0.717, 1.165) is 115 Å². The van der Waals surface area contributed by atoms with Gasteiger partial charge in [0.2, 0.25) is 0 Å². The Morgan fingerprint density at radius 3 is 0.836 bits per heavy atom. The van der Waals surface area contributed by atoms with Crippen LogP contribution in [0.3, 0.4) is 0 Å². The summed E-state index contributed by atoms with van der Waals surface area (Å²) in [6.45, 7) is 2.65. The lowest BCUT2D eigenvalue weighted by Crippen LogP contribution is -2.06. The first-order valence-corrected chi connectivity index (χ1v) is 24.6. The summed E-state index contributed by atoms with van der Waals surface area (Å²) in [6.07, 6.45) is 19.8. The largest absolute Gasteiger partial charge is 0.494 e. The first kappa shape index (κ1) is 49.6. The van der Waals surface area contributed by atoms with E-state index in [1.165, 1.54) is 64.2 Å². The molecule has 0 heterocycles. The number of rotatable bonds is 30. The van der Waals surface area contributed by atoms with Gasteiger partial charge in [-0.2, -0.15) is 10.5 Å². The van der Waals surface area contributed by atoms with Gasteiger partial charge in [0.05, 0.1) is 55.3 Å². The quantitative estimate of drug-likeness (QED) is 0.0328. The number of carbonyl (C=O) groups excluding carboxylic acids is 1. The Morgan fingerprint density at radius 1 is 0.313 bits per heavy atom. The molecular formula is C60H66N2O5. The van der Waals surface area contributed by atoms with E-state index in [4.69, 9.17) is 29.5 Å². The van der Waals surface area contributed by atoms with Gasteiger partial charge in [0, 0.05) is 0 Å². The molecule has 6 aromatic carbocycles. The number of hydrogen-bond acceptors (Lipinski definition) is 7. The highest BCUT2D eigenvalue weighted by molar-refractivity contribution is 5.90. The lowest BCUT2D eigenvalue weighted by Gasteiger charge is -2.09. The summed E-state index contributed by atoms with van der Waals surface area (Å²) in [5.41, 5.74) is 8.47. The van der Waals surface area contributed by atoms with Crippen molar-refractivity contribution >= 4 is 5.97 Å². The predicted molar refractivity (Wildman–Crippen MR) is 270 cm³/mol. The number of nitrogens with zero attached hydrogens (tertiary/aromatic N) is 2. The van der Waals surface area contributed by atoms with Gasteiger partial charge in [-0.25, -0.2) is 4.79 Å². The van der Waals surface area contributed by atoms with E-state index in [9.17, 15) is 4.79 Å². The first-order chi connectivity index (χ1) is 33.1. The number of nitriles is 2. The van der Waals surface area contributed by atoms with E-state index >= 15 is 0 Å². The maximum Gasteiger partial charge on any atom is 0.338 e. The molecule has 0 aromatic heterocycles. The third-order valence-corrected chi connectivity index (χ3v) is 12.1. The summed E-state index contributed by atoms with van der Waals surface area (Å²) in [5.74, 6) is 2.41. The molecule has 346 valence electrons. The van der Waals surface area contributed by atoms with Crippen molar-refractivity contribution in [3.63, 3.8) is 0 Å². The zero-order valence-corrected chi connectivity index (χ0v) is 39.1. The highest BCUT2D eigenvalue weighted by Crippen LogP contribution is 2.26. The second-order valence-corrected chi connectivity index (χ2v) is 17.2. The van der Waals surface area contributed by atoms with Gasteiger partial charge in [0.15, 0.2) is 0 Å². The molecule has 6 aromatic rings. The molecule has 0 N–H and O–H groups in total. The van der Waals surface area contributed by atoms with Gasteiger partial charge in [-0.1, -0.05) is 156 Å². The summed E-state index contributed by atoms with van der Waals surface area (Å²) >= 11 is 0. The Labute approximate surface area is 399 Å². The lowest BCUT2D eigenvalue weighted by molar-refractivity contribution is 0.0497. The average Bonchev–Trinajstić information content (AvgIpc) is 3.38. The van der Waals surface area contributed by atoms with Crippen LogP contribution < -0.4 is 14.2 Å². The molecule has 0 radical (unpaired) electrons. The predicted octanol–water partition coefficient (Wildman–Crippen LogP) is 15.8. The summed E-state index contributed by atoms with van der Waals surface area (Å²) in [6, 6.07) is 51.7. The fourth-order valence-corrected chi connectivity index (χ4v) is 8.03. The topological polar surface area (TPSA) is 102 Å². The Hall–Kier alpha value is -6.83. The number of hydrogen-bond donors (Lipinski definition) is 0. The Bertz CT molecular complexity index is 2400. The van der Waals surface area contributed by atoms with Crippen LogP contribution in [-0.2, 0) is 4.74 Å². The maximum atomic E-state index is 12.7. The van der Waals surface area contributed by atoms with Crippen molar-refractivity contribution in [2.75, 3.05) is 26.4 Å². The smallest absolute Gasteiger partial charge is 0.338 e. The molecule has 0 aliphatic rings. The zero-order valence-electron chi connectivity index (χ0n) is 39.1. The minimum atomic E-state index is -0.265. The molecule has 0 unspecified atom stereocenters. The number of esters is 1. The molecule has 0 saturated carbocycles. The van der Waals surface area contributed by atoms with E-state index in [2.05, 4.69) is 48.5 Å². The van der Waals surface area contributed by atoms with Gasteiger partial charge in [-0.15, -0.1) is 0 Å². The van der Waals surface area contributed by atoms with Crippen molar-refractivity contribution in [2.45, 2.75) is 109 Å². The van der Waals surface area contributed by atoms with E-state index in [1.807, 2.05) is 109 Å². The van der Waals surface area contributed by atoms with E-state index in [-0.39, 0.29) is 5.97 Å². The van der Waals surface area contributed by atoms with Crippen LogP contribution in [-0.4, -0.2) is 32.4 Å². The van der Waals surface area contributed by atoms with Crippen LogP contribution in [0.25, 0.3) is 33.4 Å². The van der Waals surface area contributed by atoms with Crippen LogP contribution >= 0.6 is 0 Å². The van der Waals surface area contributed by atoms with Crippen molar-refractivity contribution < 1.29 is 23.7 Å². The minimum Gasteiger partial charge on any atom is -0.494 e. The molecule has 67 heavy (non-hydrogen) atoms. The standard InChI is InChI=1S/C60H66N2O5/c61-46-48-18-22-50(23-19-48)53-30-36-57(37-31-53)64-42-14-10-6-2-1-3-7-11-15-43-66-59-40-34-55(35-41-59)52-26-28-56(29-27-52)60(63)67-45-17-13-9-5-4-8-12-16-44-65-58-38-32-54(33-39-58)51-24-20-49(47-62)21-25-51/h18-41H,1-17,42-45H2. The van der Waals surface area contributed by atoms with Crippen molar-refractivity contribution in [3.8, 4) is 62.8 Å². The van der Waals surface area contributed by atoms with Gasteiger partial charge < -0.3 is 18.9 Å². The molecule has 0 aliphatic heterocycles. The van der Waals surface area contributed by atoms with Crippen molar-refractivity contribution in [1.29, 1.82) is 10.5 Å².